The number of pyridine rings is 1. The highest BCUT2D eigenvalue weighted by molar-refractivity contribution is 9.10. The molecular weight excluding hydrogens is 285 g/mol. The van der Waals surface area contributed by atoms with E-state index in [0.717, 1.165) is 0 Å². The molecule has 0 atom stereocenters. The van der Waals surface area contributed by atoms with E-state index in [1.807, 2.05) is 13.8 Å². The van der Waals surface area contributed by atoms with Gasteiger partial charge in [0.1, 0.15) is 10.4 Å². The molecule has 3 nitrogen and oxygen atoms in total. The van der Waals surface area contributed by atoms with Gasteiger partial charge in [-0.05, 0) is 28.1 Å². The molecule has 88 valence electrons. The first-order chi connectivity index (χ1) is 8.08. The second-order valence-corrected chi connectivity index (χ2v) is 4.76. The summed E-state index contributed by atoms with van der Waals surface area (Å²) in [6, 6.07) is 3.30. The Labute approximate surface area is 107 Å². The van der Waals surface area contributed by atoms with Crippen molar-refractivity contribution < 1.29 is 4.39 Å². The lowest BCUT2D eigenvalue weighted by Crippen LogP contribution is -2.00. The molecule has 2 aromatic rings. The van der Waals surface area contributed by atoms with Gasteiger partial charge in [0.05, 0.1) is 11.9 Å². The zero-order chi connectivity index (χ0) is 12.4. The molecule has 0 amide bonds. The zero-order valence-electron chi connectivity index (χ0n) is 9.48. The van der Waals surface area contributed by atoms with Crippen molar-refractivity contribution in [3.63, 3.8) is 0 Å². The fraction of sp³-hybridized carbons (Fsp3) is 0.250. The van der Waals surface area contributed by atoms with Gasteiger partial charge in [0.25, 0.3) is 0 Å². The normalized spacial score (nSPS) is 10.9. The van der Waals surface area contributed by atoms with Crippen LogP contribution in [0.25, 0.3) is 11.3 Å². The van der Waals surface area contributed by atoms with Crippen LogP contribution in [0, 0.1) is 5.82 Å². The molecule has 0 fully saturated rings. The molecular formula is C12H11BrFN3. The monoisotopic (exact) mass is 295 g/mol. The summed E-state index contributed by atoms with van der Waals surface area (Å²) in [6.07, 6.45) is 2.73. The Kier molecular flexibility index (Phi) is 3.47. The Morgan fingerprint density at radius 1 is 1.29 bits per heavy atom. The number of halogens is 2. The maximum atomic E-state index is 13.6. The lowest BCUT2D eigenvalue weighted by Gasteiger charge is -2.08. The summed E-state index contributed by atoms with van der Waals surface area (Å²) in [7, 11) is 0. The van der Waals surface area contributed by atoms with E-state index in [2.05, 4.69) is 30.9 Å². The summed E-state index contributed by atoms with van der Waals surface area (Å²) in [5, 5.41) is 0. The van der Waals surface area contributed by atoms with Gasteiger partial charge in [0.2, 0.25) is 0 Å². The fourth-order valence-electron chi connectivity index (χ4n) is 1.41. The first-order valence-corrected chi connectivity index (χ1v) is 6.01. The molecule has 0 bridgehead atoms. The SMILES string of the molecule is CC(C)c1nc(Br)cc(-c2ccncc2F)n1. The maximum Gasteiger partial charge on any atom is 0.150 e. The number of aromatic nitrogens is 3. The fourth-order valence-corrected chi connectivity index (χ4v) is 1.81. The highest BCUT2D eigenvalue weighted by Gasteiger charge is 2.11. The summed E-state index contributed by atoms with van der Waals surface area (Å²) in [5.74, 6) is 0.495. The van der Waals surface area contributed by atoms with Gasteiger partial charge in [-0.25, -0.2) is 14.4 Å². The van der Waals surface area contributed by atoms with Crippen molar-refractivity contribution in [2.75, 3.05) is 0 Å². The minimum absolute atomic E-state index is 0.191. The zero-order valence-corrected chi connectivity index (χ0v) is 11.1. The van der Waals surface area contributed by atoms with Crippen LogP contribution in [0.5, 0.6) is 0 Å². The van der Waals surface area contributed by atoms with Crippen LogP contribution in [0.1, 0.15) is 25.6 Å². The standard InChI is InChI=1S/C12H11BrFN3/c1-7(2)12-16-10(5-11(13)17-12)8-3-4-15-6-9(8)14/h3-7H,1-2H3. The van der Waals surface area contributed by atoms with Crippen molar-refractivity contribution in [2.24, 2.45) is 0 Å². The molecule has 5 heteroatoms. The van der Waals surface area contributed by atoms with Crippen LogP contribution in [-0.2, 0) is 0 Å². The van der Waals surface area contributed by atoms with Gasteiger partial charge < -0.3 is 0 Å². The lowest BCUT2D eigenvalue weighted by atomic mass is 10.1. The third-order valence-electron chi connectivity index (χ3n) is 2.28. The molecule has 0 aliphatic heterocycles. The van der Waals surface area contributed by atoms with Gasteiger partial charge in [-0.3, -0.25) is 4.98 Å². The highest BCUT2D eigenvalue weighted by atomic mass is 79.9. The maximum absolute atomic E-state index is 13.6. The molecule has 0 N–H and O–H groups in total. The average molecular weight is 296 g/mol. The Bertz CT molecular complexity index is 543. The van der Waals surface area contributed by atoms with Crippen LogP contribution >= 0.6 is 15.9 Å². The van der Waals surface area contributed by atoms with Crippen molar-refractivity contribution in [1.29, 1.82) is 0 Å². The summed E-state index contributed by atoms with van der Waals surface area (Å²) >= 11 is 3.31. The predicted molar refractivity (Wildman–Crippen MR) is 67.0 cm³/mol. The van der Waals surface area contributed by atoms with Crippen LogP contribution in [0.15, 0.2) is 29.1 Å². The minimum Gasteiger partial charge on any atom is -0.262 e. The van der Waals surface area contributed by atoms with Gasteiger partial charge in [0.15, 0.2) is 5.82 Å². The van der Waals surface area contributed by atoms with Crippen LogP contribution < -0.4 is 0 Å². The quantitative estimate of drug-likeness (QED) is 0.795. The molecule has 17 heavy (non-hydrogen) atoms. The van der Waals surface area contributed by atoms with E-state index in [1.165, 1.54) is 6.20 Å². The largest absolute Gasteiger partial charge is 0.262 e. The van der Waals surface area contributed by atoms with Crippen molar-refractivity contribution in [3.8, 4) is 11.3 Å². The van der Waals surface area contributed by atoms with Crippen molar-refractivity contribution >= 4 is 15.9 Å². The summed E-state index contributed by atoms with van der Waals surface area (Å²) < 4.78 is 14.3. The average Bonchev–Trinajstić information content (AvgIpc) is 2.28. The second-order valence-electron chi connectivity index (χ2n) is 3.94. The number of hydrogen-bond donors (Lipinski definition) is 0. The summed E-state index contributed by atoms with van der Waals surface area (Å²) in [5.41, 5.74) is 1.00. The van der Waals surface area contributed by atoms with E-state index in [-0.39, 0.29) is 11.7 Å². The highest BCUT2D eigenvalue weighted by Crippen LogP contribution is 2.24. The molecule has 0 unspecified atom stereocenters. The third-order valence-corrected chi connectivity index (χ3v) is 2.68. The number of hydrogen-bond acceptors (Lipinski definition) is 3. The molecule has 0 radical (unpaired) electrons. The van der Waals surface area contributed by atoms with Crippen molar-refractivity contribution in [1.82, 2.24) is 15.0 Å². The molecule has 2 rings (SSSR count). The minimum atomic E-state index is -0.382. The molecule has 0 aromatic carbocycles. The van der Waals surface area contributed by atoms with Gasteiger partial charge in [-0.15, -0.1) is 0 Å². The molecule has 0 aliphatic carbocycles. The molecule has 2 heterocycles. The van der Waals surface area contributed by atoms with E-state index < -0.39 is 0 Å². The topological polar surface area (TPSA) is 38.7 Å². The Morgan fingerprint density at radius 3 is 2.71 bits per heavy atom. The summed E-state index contributed by atoms with van der Waals surface area (Å²) in [4.78, 5) is 12.3. The number of rotatable bonds is 2. The van der Waals surface area contributed by atoms with Crippen molar-refractivity contribution in [2.45, 2.75) is 19.8 Å². The third kappa shape index (κ3) is 2.66. The Morgan fingerprint density at radius 2 is 2.06 bits per heavy atom. The van der Waals surface area contributed by atoms with Gasteiger partial charge >= 0.3 is 0 Å². The molecule has 0 saturated heterocycles. The van der Waals surface area contributed by atoms with E-state index in [0.29, 0.717) is 21.7 Å². The van der Waals surface area contributed by atoms with Crippen LogP contribution in [0.4, 0.5) is 4.39 Å². The smallest absolute Gasteiger partial charge is 0.150 e. The van der Waals surface area contributed by atoms with Gasteiger partial charge in [0, 0.05) is 17.7 Å². The lowest BCUT2D eigenvalue weighted by molar-refractivity contribution is 0.624. The van der Waals surface area contributed by atoms with E-state index >= 15 is 0 Å². The molecule has 0 spiro atoms. The first-order valence-electron chi connectivity index (χ1n) is 5.22. The van der Waals surface area contributed by atoms with Crippen LogP contribution in [0.3, 0.4) is 0 Å². The molecule has 0 saturated carbocycles. The summed E-state index contributed by atoms with van der Waals surface area (Å²) in [6.45, 7) is 3.99. The van der Waals surface area contributed by atoms with Crippen LogP contribution in [0.2, 0.25) is 0 Å². The van der Waals surface area contributed by atoms with Crippen molar-refractivity contribution in [3.05, 3.63) is 40.8 Å². The Hall–Kier alpha value is -1.36. The molecule has 2 aromatic heterocycles. The first kappa shape index (κ1) is 12.1. The predicted octanol–water partition coefficient (Wildman–Crippen LogP) is 3.56. The molecule has 0 aliphatic rings. The number of nitrogens with zero attached hydrogens (tertiary/aromatic N) is 3. The van der Waals surface area contributed by atoms with E-state index in [1.54, 1.807) is 18.3 Å². The van der Waals surface area contributed by atoms with Gasteiger partial charge in [-0.2, -0.15) is 0 Å². The van der Waals surface area contributed by atoms with Crippen LogP contribution in [-0.4, -0.2) is 15.0 Å². The second kappa shape index (κ2) is 4.87. The van der Waals surface area contributed by atoms with E-state index in [9.17, 15) is 4.39 Å². The Balaban J connectivity index is 2.56. The van der Waals surface area contributed by atoms with Gasteiger partial charge in [-0.1, -0.05) is 13.8 Å². The van der Waals surface area contributed by atoms with E-state index in [4.69, 9.17) is 0 Å².